The molecule has 2 saturated carbocycles. The van der Waals surface area contributed by atoms with E-state index in [-0.39, 0.29) is 5.54 Å². The molecule has 0 aromatic carbocycles. The summed E-state index contributed by atoms with van der Waals surface area (Å²) in [6.07, 6.45) is 11.8. The lowest BCUT2D eigenvalue weighted by molar-refractivity contribution is 0.133. The number of rotatable bonds is 3. The molecule has 3 unspecified atom stereocenters. The molecule has 1 heterocycles. The van der Waals surface area contributed by atoms with E-state index in [1.807, 2.05) is 7.05 Å². The number of nitrogens with one attached hydrogen (secondary N) is 1. The summed E-state index contributed by atoms with van der Waals surface area (Å²) in [5.74, 6) is 0.953. The molecule has 3 aliphatic rings. The highest BCUT2D eigenvalue weighted by Crippen LogP contribution is 2.41. The molecule has 3 fully saturated rings. The van der Waals surface area contributed by atoms with E-state index < -0.39 is 0 Å². The summed E-state index contributed by atoms with van der Waals surface area (Å²) in [5.41, 5.74) is -0.243. The minimum Gasteiger partial charge on any atom is -0.302 e. The van der Waals surface area contributed by atoms with E-state index in [4.69, 9.17) is 0 Å². The smallest absolute Gasteiger partial charge is 0.108 e. The van der Waals surface area contributed by atoms with Gasteiger partial charge < -0.3 is 5.32 Å². The fourth-order valence-electron chi connectivity index (χ4n) is 4.80. The Balaban J connectivity index is 1.67. The van der Waals surface area contributed by atoms with Crippen molar-refractivity contribution >= 4 is 0 Å². The first-order chi connectivity index (χ1) is 9.28. The zero-order valence-electron chi connectivity index (χ0n) is 12.2. The Morgan fingerprint density at radius 1 is 1.16 bits per heavy atom. The third-order valence-corrected chi connectivity index (χ3v) is 5.94. The van der Waals surface area contributed by atoms with Crippen LogP contribution in [-0.4, -0.2) is 36.1 Å². The van der Waals surface area contributed by atoms with Gasteiger partial charge in [0.25, 0.3) is 0 Å². The Hall–Kier alpha value is -0.590. The van der Waals surface area contributed by atoms with Crippen LogP contribution in [0.2, 0.25) is 0 Å². The summed E-state index contributed by atoms with van der Waals surface area (Å²) in [4.78, 5) is 2.78. The highest BCUT2D eigenvalue weighted by Gasteiger charge is 2.44. The molecular formula is C16H27N3. The van der Waals surface area contributed by atoms with Crippen LogP contribution in [0, 0.1) is 17.2 Å². The second-order valence-electron chi connectivity index (χ2n) is 6.83. The van der Waals surface area contributed by atoms with Gasteiger partial charge in [0.1, 0.15) is 5.54 Å². The first-order valence-corrected chi connectivity index (χ1v) is 8.14. The molecule has 2 aliphatic carbocycles. The van der Waals surface area contributed by atoms with E-state index in [2.05, 4.69) is 16.3 Å². The lowest BCUT2D eigenvalue weighted by atomic mass is 9.94. The van der Waals surface area contributed by atoms with Crippen LogP contribution in [0.25, 0.3) is 0 Å². The number of nitrogens with zero attached hydrogens (tertiary/aromatic N) is 2. The molecule has 0 aromatic rings. The van der Waals surface area contributed by atoms with E-state index in [1.54, 1.807) is 0 Å². The van der Waals surface area contributed by atoms with Crippen molar-refractivity contribution in [3.05, 3.63) is 0 Å². The second-order valence-corrected chi connectivity index (χ2v) is 6.83. The molecule has 19 heavy (non-hydrogen) atoms. The number of hydrogen-bond donors (Lipinski definition) is 1. The standard InChI is InChI=1S/C16H27N3/c1-18-16(12-17)9-8-14(11-16)19-10-4-7-15(19)13-5-2-3-6-13/h13-15,18H,2-11H2,1H3. The van der Waals surface area contributed by atoms with E-state index in [0.717, 1.165) is 24.8 Å². The van der Waals surface area contributed by atoms with Gasteiger partial charge in [0.2, 0.25) is 0 Å². The van der Waals surface area contributed by atoms with Gasteiger partial charge in [0, 0.05) is 12.1 Å². The number of nitriles is 1. The molecule has 0 aromatic heterocycles. The number of likely N-dealkylation sites (tertiary alicyclic amines) is 1. The van der Waals surface area contributed by atoms with Crippen LogP contribution < -0.4 is 5.32 Å². The van der Waals surface area contributed by atoms with Crippen molar-refractivity contribution in [2.45, 2.75) is 75.4 Å². The predicted octanol–water partition coefficient (Wildman–Crippen LogP) is 2.68. The van der Waals surface area contributed by atoms with Crippen LogP contribution in [0.5, 0.6) is 0 Å². The average Bonchev–Trinajstić information content (AvgIpc) is 3.17. The molecule has 0 amide bonds. The highest BCUT2D eigenvalue weighted by molar-refractivity contribution is 5.13. The Kier molecular flexibility index (Phi) is 3.82. The highest BCUT2D eigenvalue weighted by atomic mass is 15.2. The Morgan fingerprint density at radius 2 is 1.95 bits per heavy atom. The molecule has 3 rings (SSSR count). The van der Waals surface area contributed by atoms with Gasteiger partial charge in [-0.1, -0.05) is 12.8 Å². The molecule has 1 saturated heterocycles. The third kappa shape index (κ3) is 2.41. The van der Waals surface area contributed by atoms with Gasteiger partial charge in [-0.05, 0) is 64.5 Å². The van der Waals surface area contributed by atoms with Crippen molar-refractivity contribution in [1.82, 2.24) is 10.2 Å². The van der Waals surface area contributed by atoms with Crippen molar-refractivity contribution in [3.63, 3.8) is 0 Å². The van der Waals surface area contributed by atoms with E-state index >= 15 is 0 Å². The van der Waals surface area contributed by atoms with E-state index in [1.165, 1.54) is 51.5 Å². The molecule has 106 valence electrons. The molecule has 0 radical (unpaired) electrons. The summed E-state index contributed by atoms with van der Waals surface area (Å²) >= 11 is 0. The van der Waals surface area contributed by atoms with Crippen molar-refractivity contribution in [3.8, 4) is 6.07 Å². The monoisotopic (exact) mass is 261 g/mol. The van der Waals surface area contributed by atoms with Crippen molar-refractivity contribution < 1.29 is 0 Å². The molecule has 0 spiro atoms. The lowest BCUT2D eigenvalue weighted by Gasteiger charge is -2.34. The molecule has 1 aliphatic heterocycles. The van der Waals surface area contributed by atoms with Gasteiger partial charge in [-0.3, -0.25) is 4.90 Å². The summed E-state index contributed by atoms with van der Waals surface area (Å²) < 4.78 is 0. The quantitative estimate of drug-likeness (QED) is 0.849. The molecule has 1 N–H and O–H groups in total. The van der Waals surface area contributed by atoms with Crippen LogP contribution in [-0.2, 0) is 0 Å². The maximum Gasteiger partial charge on any atom is 0.108 e. The molecule has 3 atom stereocenters. The number of hydrogen-bond acceptors (Lipinski definition) is 3. The van der Waals surface area contributed by atoms with Gasteiger partial charge in [-0.2, -0.15) is 5.26 Å². The van der Waals surface area contributed by atoms with Gasteiger partial charge in [0.05, 0.1) is 6.07 Å². The maximum absolute atomic E-state index is 9.42. The van der Waals surface area contributed by atoms with Crippen molar-refractivity contribution in [2.24, 2.45) is 5.92 Å². The van der Waals surface area contributed by atoms with Gasteiger partial charge in [-0.25, -0.2) is 0 Å². The zero-order chi connectivity index (χ0) is 13.3. The zero-order valence-corrected chi connectivity index (χ0v) is 12.2. The summed E-state index contributed by atoms with van der Waals surface area (Å²) in [7, 11) is 1.95. The normalized spacial score (nSPS) is 40.8. The second kappa shape index (κ2) is 5.42. The van der Waals surface area contributed by atoms with Crippen LogP contribution in [0.4, 0.5) is 0 Å². The van der Waals surface area contributed by atoms with Crippen LogP contribution >= 0.6 is 0 Å². The van der Waals surface area contributed by atoms with Crippen LogP contribution in [0.3, 0.4) is 0 Å². The molecular weight excluding hydrogens is 234 g/mol. The Morgan fingerprint density at radius 3 is 2.58 bits per heavy atom. The van der Waals surface area contributed by atoms with E-state index in [0.29, 0.717) is 6.04 Å². The van der Waals surface area contributed by atoms with Gasteiger partial charge in [-0.15, -0.1) is 0 Å². The molecule has 0 bridgehead atoms. The maximum atomic E-state index is 9.42. The van der Waals surface area contributed by atoms with Crippen LogP contribution in [0.15, 0.2) is 0 Å². The average molecular weight is 261 g/mol. The molecule has 3 heteroatoms. The van der Waals surface area contributed by atoms with Crippen molar-refractivity contribution in [2.75, 3.05) is 13.6 Å². The Labute approximate surface area is 117 Å². The van der Waals surface area contributed by atoms with E-state index in [9.17, 15) is 5.26 Å². The summed E-state index contributed by atoms with van der Waals surface area (Å²) in [6, 6.07) is 4.01. The minimum atomic E-state index is -0.243. The SMILES string of the molecule is CNC1(C#N)CCC(N2CCCC2C2CCCC2)C1. The third-order valence-electron chi connectivity index (χ3n) is 5.94. The predicted molar refractivity (Wildman–Crippen MR) is 76.7 cm³/mol. The first kappa shape index (κ1) is 13.4. The fraction of sp³-hybridized carbons (Fsp3) is 0.938. The summed E-state index contributed by atoms with van der Waals surface area (Å²) in [5, 5.41) is 12.7. The fourth-order valence-corrected chi connectivity index (χ4v) is 4.80. The molecule has 3 nitrogen and oxygen atoms in total. The topological polar surface area (TPSA) is 39.1 Å². The van der Waals surface area contributed by atoms with Crippen LogP contribution in [0.1, 0.15) is 57.8 Å². The van der Waals surface area contributed by atoms with Crippen molar-refractivity contribution in [1.29, 1.82) is 5.26 Å². The van der Waals surface area contributed by atoms with Gasteiger partial charge in [0.15, 0.2) is 0 Å². The van der Waals surface area contributed by atoms with Gasteiger partial charge >= 0.3 is 0 Å². The summed E-state index contributed by atoms with van der Waals surface area (Å²) in [6.45, 7) is 1.27. The largest absolute Gasteiger partial charge is 0.302 e. The Bertz CT molecular complexity index is 355. The lowest BCUT2D eigenvalue weighted by Crippen LogP contribution is -2.44. The minimum absolute atomic E-state index is 0.243. The first-order valence-electron chi connectivity index (χ1n) is 8.14.